The van der Waals surface area contributed by atoms with Gasteiger partial charge in [-0.05, 0) is 31.5 Å². The topological polar surface area (TPSA) is 53.9 Å². The maximum Gasteiger partial charge on any atom is 0.230 e. The number of pyridine rings is 1. The summed E-state index contributed by atoms with van der Waals surface area (Å²) in [5, 5.41) is 3.11. The maximum atomic E-state index is 4.46. The molecule has 1 N–H and O–H groups in total. The SMILES string of the molecule is Cc1ccnc(Nc2ncc(C)c(N(C)C)n2)c1. The lowest BCUT2D eigenvalue weighted by molar-refractivity contribution is 1.02. The molecule has 5 heteroatoms. The highest BCUT2D eigenvalue weighted by Crippen LogP contribution is 2.17. The summed E-state index contributed by atoms with van der Waals surface area (Å²) in [5.74, 6) is 2.21. The molecule has 18 heavy (non-hydrogen) atoms. The molecule has 0 aliphatic heterocycles. The Morgan fingerprint density at radius 1 is 1.17 bits per heavy atom. The van der Waals surface area contributed by atoms with E-state index in [1.54, 1.807) is 12.4 Å². The van der Waals surface area contributed by atoms with E-state index in [1.807, 2.05) is 45.0 Å². The second-order valence-electron chi connectivity index (χ2n) is 4.44. The van der Waals surface area contributed by atoms with Crippen LogP contribution >= 0.6 is 0 Å². The van der Waals surface area contributed by atoms with Crippen molar-refractivity contribution < 1.29 is 0 Å². The molecule has 0 saturated heterocycles. The Hall–Kier alpha value is -2.17. The van der Waals surface area contributed by atoms with Gasteiger partial charge in [0.05, 0.1) is 0 Å². The number of anilines is 3. The molecule has 2 aromatic rings. The Bertz CT molecular complexity index is 551. The molecule has 0 bridgehead atoms. The first-order valence-corrected chi connectivity index (χ1v) is 5.77. The fraction of sp³-hybridized carbons (Fsp3) is 0.308. The van der Waals surface area contributed by atoms with Gasteiger partial charge in [0.2, 0.25) is 5.95 Å². The first-order valence-electron chi connectivity index (χ1n) is 5.77. The van der Waals surface area contributed by atoms with Crippen LogP contribution in [0.3, 0.4) is 0 Å². The van der Waals surface area contributed by atoms with Crippen molar-refractivity contribution >= 4 is 17.6 Å². The Balaban J connectivity index is 2.27. The average molecular weight is 243 g/mol. The number of nitrogens with zero attached hydrogens (tertiary/aromatic N) is 4. The predicted octanol–water partition coefficient (Wildman–Crippen LogP) is 2.30. The minimum absolute atomic E-state index is 0.558. The van der Waals surface area contributed by atoms with Crippen LogP contribution in [0.4, 0.5) is 17.6 Å². The summed E-state index contributed by atoms with van der Waals surface area (Å²) in [6.45, 7) is 4.01. The van der Waals surface area contributed by atoms with Gasteiger partial charge in [0, 0.05) is 32.1 Å². The fourth-order valence-electron chi connectivity index (χ4n) is 1.67. The zero-order valence-corrected chi connectivity index (χ0v) is 11.1. The number of hydrogen-bond donors (Lipinski definition) is 1. The maximum absolute atomic E-state index is 4.46. The molecule has 2 rings (SSSR count). The van der Waals surface area contributed by atoms with Crippen LogP contribution in [0.15, 0.2) is 24.5 Å². The Morgan fingerprint density at radius 3 is 2.61 bits per heavy atom. The lowest BCUT2D eigenvalue weighted by Gasteiger charge is -2.15. The highest BCUT2D eigenvalue weighted by molar-refractivity contribution is 5.53. The molecule has 2 aromatic heterocycles. The van der Waals surface area contributed by atoms with E-state index in [-0.39, 0.29) is 0 Å². The molecule has 0 aromatic carbocycles. The number of aryl methyl sites for hydroxylation is 2. The first kappa shape index (κ1) is 12.3. The zero-order valence-electron chi connectivity index (χ0n) is 11.1. The molecule has 2 heterocycles. The van der Waals surface area contributed by atoms with Gasteiger partial charge in [-0.1, -0.05) is 0 Å². The van der Waals surface area contributed by atoms with Crippen molar-refractivity contribution in [2.24, 2.45) is 0 Å². The van der Waals surface area contributed by atoms with Crippen LogP contribution in [0.2, 0.25) is 0 Å². The summed E-state index contributed by atoms with van der Waals surface area (Å²) in [5.41, 5.74) is 2.19. The van der Waals surface area contributed by atoms with Crippen molar-refractivity contribution in [1.82, 2.24) is 15.0 Å². The minimum atomic E-state index is 0.558. The molecule has 94 valence electrons. The van der Waals surface area contributed by atoms with Crippen molar-refractivity contribution in [3.63, 3.8) is 0 Å². The minimum Gasteiger partial charge on any atom is -0.362 e. The number of rotatable bonds is 3. The quantitative estimate of drug-likeness (QED) is 0.896. The van der Waals surface area contributed by atoms with E-state index in [9.17, 15) is 0 Å². The Morgan fingerprint density at radius 2 is 1.94 bits per heavy atom. The van der Waals surface area contributed by atoms with Crippen molar-refractivity contribution in [3.8, 4) is 0 Å². The van der Waals surface area contributed by atoms with Gasteiger partial charge in [-0.3, -0.25) is 0 Å². The lowest BCUT2D eigenvalue weighted by atomic mass is 10.3. The molecule has 5 nitrogen and oxygen atoms in total. The molecule has 0 aliphatic carbocycles. The molecule has 0 amide bonds. The van der Waals surface area contributed by atoms with Gasteiger partial charge < -0.3 is 10.2 Å². The van der Waals surface area contributed by atoms with Crippen LogP contribution in [0.25, 0.3) is 0 Å². The third kappa shape index (κ3) is 2.74. The van der Waals surface area contributed by atoms with Crippen molar-refractivity contribution in [2.45, 2.75) is 13.8 Å². The van der Waals surface area contributed by atoms with Crippen molar-refractivity contribution in [3.05, 3.63) is 35.7 Å². The highest BCUT2D eigenvalue weighted by atomic mass is 15.2. The summed E-state index contributed by atoms with van der Waals surface area (Å²) in [6, 6.07) is 3.91. The van der Waals surface area contributed by atoms with Crippen LogP contribution < -0.4 is 10.2 Å². The lowest BCUT2D eigenvalue weighted by Crippen LogP contribution is -2.13. The second kappa shape index (κ2) is 5.00. The van der Waals surface area contributed by atoms with Gasteiger partial charge in [-0.25, -0.2) is 9.97 Å². The third-order valence-electron chi connectivity index (χ3n) is 2.52. The van der Waals surface area contributed by atoms with Crippen LogP contribution in [0.1, 0.15) is 11.1 Å². The summed E-state index contributed by atoms with van der Waals surface area (Å²) in [6.07, 6.45) is 3.57. The smallest absolute Gasteiger partial charge is 0.230 e. The zero-order chi connectivity index (χ0) is 13.1. The Kier molecular flexibility index (Phi) is 3.41. The van der Waals surface area contributed by atoms with Gasteiger partial charge in [0.1, 0.15) is 11.6 Å². The second-order valence-corrected chi connectivity index (χ2v) is 4.44. The molecule has 0 radical (unpaired) electrons. The van der Waals surface area contributed by atoms with Gasteiger partial charge in [-0.2, -0.15) is 4.98 Å². The molecule has 0 spiro atoms. The molecular weight excluding hydrogens is 226 g/mol. The van der Waals surface area contributed by atoms with E-state index in [0.29, 0.717) is 5.95 Å². The van der Waals surface area contributed by atoms with Crippen molar-refractivity contribution in [1.29, 1.82) is 0 Å². The van der Waals surface area contributed by atoms with Gasteiger partial charge >= 0.3 is 0 Å². The molecule has 0 atom stereocenters. The summed E-state index contributed by atoms with van der Waals surface area (Å²) in [4.78, 5) is 14.9. The molecule has 0 unspecified atom stereocenters. The number of aromatic nitrogens is 3. The normalized spacial score (nSPS) is 10.2. The number of nitrogens with one attached hydrogen (secondary N) is 1. The molecule has 0 saturated carbocycles. The fourth-order valence-corrected chi connectivity index (χ4v) is 1.67. The highest BCUT2D eigenvalue weighted by Gasteiger charge is 2.06. The van der Waals surface area contributed by atoms with Gasteiger partial charge in [0.15, 0.2) is 0 Å². The first-order chi connectivity index (χ1) is 8.56. The van der Waals surface area contributed by atoms with Crippen LogP contribution in [0.5, 0.6) is 0 Å². The predicted molar refractivity (Wildman–Crippen MR) is 73.4 cm³/mol. The monoisotopic (exact) mass is 243 g/mol. The molecule has 0 fully saturated rings. The molecular formula is C13H17N5. The van der Waals surface area contributed by atoms with Crippen molar-refractivity contribution in [2.75, 3.05) is 24.3 Å². The summed E-state index contributed by atoms with van der Waals surface area (Å²) in [7, 11) is 3.92. The van der Waals surface area contributed by atoms with E-state index in [2.05, 4.69) is 20.3 Å². The standard InChI is InChI=1S/C13H17N5/c1-9-5-6-14-11(7-9)16-13-15-8-10(2)12(17-13)18(3)4/h5-8H,1-4H3,(H,14,15,16,17). The molecule has 0 aliphatic rings. The summed E-state index contributed by atoms with van der Waals surface area (Å²) >= 11 is 0. The van der Waals surface area contributed by atoms with E-state index >= 15 is 0 Å². The number of hydrogen-bond acceptors (Lipinski definition) is 5. The average Bonchev–Trinajstić information content (AvgIpc) is 2.31. The summed E-state index contributed by atoms with van der Waals surface area (Å²) < 4.78 is 0. The van der Waals surface area contributed by atoms with Crippen LogP contribution in [-0.2, 0) is 0 Å². The van der Waals surface area contributed by atoms with E-state index < -0.39 is 0 Å². The van der Waals surface area contributed by atoms with Gasteiger partial charge in [0.25, 0.3) is 0 Å². The third-order valence-corrected chi connectivity index (χ3v) is 2.52. The van der Waals surface area contributed by atoms with E-state index in [1.165, 1.54) is 0 Å². The van der Waals surface area contributed by atoms with Gasteiger partial charge in [-0.15, -0.1) is 0 Å². The Labute approximate surface area is 107 Å². The van der Waals surface area contributed by atoms with Crippen LogP contribution in [-0.4, -0.2) is 29.0 Å². The largest absolute Gasteiger partial charge is 0.362 e. The van der Waals surface area contributed by atoms with Crippen LogP contribution in [0, 0.1) is 13.8 Å². The van der Waals surface area contributed by atoms with E-state index in [4.69, 9.17) is 0 Å². The van der Waals surface area contributed by atoms with E-state index in [0.717, 1.165) is 22.8 Å².